The topological polar surface area (TPSA) is 59.0 Å². The van der Waals surface area contributed by atoms with Crippen LogP contribution in [0.5, 0.6) is 0 Å². The molecule has 1 fully saturated rings. The maximum atomic E-state index is 13.5. The molecule has 1 aliphatic heterocycles. The molecule has 1 aromatic heterocycles. The number of rotatable bonds is 5. The highest BCUT2D eigenvalue weighted by molar-refractivity contribution is 6.35. The van der Waals surface area contributed by atoms with Crippen LogP contribution >= 0.6 is 23.2 Å². The van der Waals surface area contributed by atoms with Crippen molar-refractivity contribution in [3.63, 3.8) is 0 Å². The molecule has 2 heterocycles. The van der Waals surface area contributed by atoms with Gasteiger partial charge in [-0.15, -0.1) is 0 Å². The third kappa shape index (κ3) is 5.22. The molecule has 0 unspecified atom stereocenters. The Kier molecular flexibility index (Phi) is 7.47. The third-order valence-corrected chi connectivity index (χ3v) is 7.72. The quantitative estimate of drug-likeness (QED) is 0.390. The van der Waals surface area contributed by atoms with E-state index in [1.165, 1.54) is 31.4 Å². The molecule has 1 amide bonds. The van der Waals surface area contributed by atoms with E-state index in [2.05, 4.69) is 17.6 Å². The molecule has 1 aliphatic carbocycles. The van der Waals surface area contributed by atoms with Crippen molar-refractivity contribution in [1.29, 1.82) is 0 Å². The number of halogens is 3. The fourth-order valence-corrected chi connectivity index (χ4v) is 5.76. The van der Waals surface area contributed by atoms with E-state index in [1.54, 1.807) is 28.9 Å². The predicted molar refractivity (Wildman–Crippen MR) is 143 cm³/mol. The molecule has 0 bridgehead atoms. The van der Waals surface area contributed by atoms with Crippen molar-refractivity contribution >= 4 is 40.8 Å². The van der Waals surface area contributed by atoms with Crippen molar-refractivity contribution in [1.82, 2.24) is 20.4 Å². The van der Waals surface area contributed by atoms with Gasteiger partial charge in [0.2, 0.25) is 0 Å². The highest BCUT2D eigenvalue weighted by atomic mass is 35.5. The number of nitrogens with zero attached hydrogens (tertiary/aromatic N) is 2. The molecular weight excluding hydrogens is 498 g/mol. The number of aromatic nitrogens is 2. The maximum Gasteiger partial charge on any atom is 0.272 e. The zero-order valence-corrected chi connectivity index (χ0v) is 21.7. The van der Waals surface area contributed by atoms with E-state index in [-0.39, 0.29) is 17.8 Å². The Hall–Kier alpha value is -2.67. The van der Waals surface area contributed by atoms with Crippen LogP contribution in [0.4, 0.5) is 4.39 Å². The monoisotopic (exact) mass is 526 g/mol. The normalized spacial score (nSPS) is 18.2. The molecule has 36 heavy (non-hydrogen) atoms. The molecule has 5 rings (SSSR count). The van der Waals surface area contributed by atoms with Crippen molar-refractivity contribution in [2.75, 3.05) is 6.54 Å². The summed E-state index contributed by atoms with van der Waals surface area (Å²) in [6, 6.07) is 11.6. The fourth-order valence-electron chi connectivity index (χ4n) is 5.27. The molecule has 5 nitrogen and oxygen atoms in total. The summed E-state index contributed by atoms with van der Waals surface area (Å²) in [7, 11) is 0. The van der Waals surface area contributed by atoms with Crippen molar-refractivity contribution in [3.05, 3.63) is 80.8 Å². The smallest absolute Gasteiger partial charge is 0.272 e. The molecule has 3 aromatic rings. The van der Waals surface area contributed by atoms with Gasteiger partial charge in [0.25, 0.3) is 5.91 Å². The SMILES string of the molecule is C[C@H](NC(=O)c1nn(-c2ccc(Cl)cc2Cl)c2c1CNCC2=Cc1ccc(F)cc1)C1CCCCC1. The van der Waals surface area contributed by atoms with E-state index in [0.717, 1.165) is 35.2 Å². The van der Waals surface area contributed by atoms with Gasteiger partial charge in [-0.1, -0.05) is 54.6 Å². The fraction of sp³-hybridized carbons (Fsp3) is 0.357. The van der Waals surface area contributed by atoms with E-state index < -0.39 is 0 Å². The molecule has 0 radical (unpaired) electrons. The van der Waals surface area contributed by atoms with Gasteiger partial charge in [-0.25, -0.2) is 9.07 Å². The molecule has 2 aliphatic rings. The molecule has 8 heteroatoms. The van der Waals surface area contributed by atoms with E-state index in [0.29, 0.717) is 40.4 Å². The van der Waals surface area contributed by atoms with Gasteiger partial charge in [-0.2, -0.15) is 5.10 Å². The first-order valence-corrected chi connectivity index (χ1v) is 13.2. The van der Waals surface area contributed by atoms with Gasteiger partial charge in [0.05, 0.1) is 16.4 Å². The Bertz CT molecular complexity index is 1300. The Morgan fingerprint density at radius 3 is 2.61 bits per heavy atom. The Balaban J connectivity index is 1.57. The summed E-state index contributed by atoms with van der Waals surface area (Å²) >= 11 is 12.7. The van der Waals surface area contributed by atoms with Crippen LogP contribution in [0.2, 0.25) is 10.0 Å². The minimum atomic E-state index is -0.288. The van der Waals surface area contributed by atoms with Gasteiger partial charge in [0, 0.05) is 29.7 Å². The van der Waals surface area contributed by atoms with Gasteiger partial charge in [-0.05, 0) is 73.2 Å². The van der Waals surface area contributed by atoms with E-state index in [1.807, 2.05) is 12.1 Å². The number of nitrogens with one attached hydrogen (secondary N) is 2. The zero-order chi connectivity index (χ0) is 25.2. The number of carbonyl (C=O) groups excluding carboxylic acids is 1. The summed E-state index contributed by atoms with van der Waals surface area (Å²) in [5.41, 5.74) is 4.44. The molecular formula is C28H29Cl2FN4O. The summed E-state index contributed by atoms with van der Waals surface area (Å²) in [5.74, 6) is 0.0139. The standard InChI is InChI=1S/C28H29Cl2FN4O/c1-17(19-5-3-2-4-6-19)33-28(36)26-23-16-32-15-20(13-18-7-10-22(31)11-8-18)27(23)35(34-26)25-12-9-21(29)14-24(25)30/h7-14,17,19,32H,2-6,15-16H2,1H3,(H,33,36)/t17-/m0/s1. The van der Waals surface area contributed by atoms with Crippen molar-refractivity contribution in [2.45, 2.75) is 51.6 Å². The van der Waals surface area contributed by atoms with Crippen LogP contribution in [0.15, 0.2) is 42.5 Å². The number of amides is 1. The van der Waals surface area contributed by atoms with Gasteiger partial charge >= 0.3 is 0 Å². The van der Waals surface area contributed by atoms with Crippen LogP contribution in [0.25, 0.3) is 17.3 Å². The van der Waals surface area contributed by atoms with Crippen molar-refractivity contribution in [3.8, 4) is 5.69 Å². The molecule has 0 spiro atoms. The van der Waals surface area contributed by atoms with E-state index in [9.17, 15) is 9.18 Å². The van der Waals surface area contributed by atoms with Gasteiger partial charge < -0.3 is 10.6 Å². The lowest BCUT2D eigenvalue weighted by Gasteiger charge is -2.28. The van der Waals surface area contributed by atoms with Gasteiger partial charge in [0.1, 0.15) is 5.82 Å². The summed E-state index contributed by atoms with van der Waals surface area (Å²) < 4.78 is 15.2. The van der Waals surface area contributed by atoms with Crippen LogP contribution < -0.4 is 10.6 Å². The number of hydrogen-bond donors (Lipinski definition) is 2. The molecule has 1 atom stereocenters. The van der Waals surface area contributed by atoms with Crippen molar-refractivity contribution < 1.29 is 9.18 Å². The second-order valence-electron chi connectivity index (χ2n) is 9.67. The Morgan fingerprint density at radius 1 is 1.14 bits per heavy atom. The number of fused-ring (bicyclic) bond motifs is 1. The number of hydrogen-bond acceptors (Lipinski definition) is 3. The largest absolute Gasteiger partial charge is 0.348 e. The van der Waals surface area contributed by atoms with Crippen LogP contribution in [0.1, 0.15) is 66.3 Å². The second kappa shape index (κ2) is 10.8. The molecule has 2 N–H and O–H groups in total. The first-order valence-electron chi connectivity index (χ1n) is 12.5. The summed E-state index contributed by atoms with van der Waals surface area (Å²) in [6.07, 6.45) is 7.96. The summed E-state index contributed by atoms with van der Waals surface area (Å²) in [6.45, 7) is 3.16. The van der Waals surface area contributed by atoms with Crippen LogP contribution in [0.3, 0.4) is 0 Å². The average molecular weight is 527 g/mol. The first-order chi connectivity index (χ1) is 17.4. The number of benzene rings is 2. The van der Waals surface area contributed by atoms with E-state index in [4.69, 9.17) is 28.3 Å². The first kappa shape index (κ1) is 25.0. The Labute approximate surface area is 220 Å². The lowest BCUT2D eigenvalue weighted by atomic mass is 9.84. The van der Waals surface area contributed by atoms with Crippen LogP contribution in [-0.2, 0) is 6.54 Å². The maximum absolute atomic E-state index is 13.5. The minimum Gasteiger partial charge on any atom is -0.348 e. The summed E-state index contributed by atoms with van der Waals surface area (Å²) in [5, 5.41) is 12.4. The molecule has 0 saturated heterocycles. The van der Waals surface area contributed by atoms with Crippen LogP contribution in [0, 0.1) is 11.7 Å². The highest BCUT2D eigenvalue weighted by Crippen LogP contribution is 2.34. The summed E-state index contributed by atoms with van der Waals surface area (Å²) in [4.78, 5) is 13.5. The van der Waals surface area contributed by atoms with Crippen molar-refractivity contribution in [2.24, 2.45) is 5.92 Å². The molecule has 1 saturated carbocycles. The molecule has 188 valence electrons. The lowest BCUT2D eigenvalue weighted by Crippen LogP contribution is -2.39. The third-order valence-electron chi connectivity index (χ3n) is 7.18. The van der Waals surface area contributed by atoms with Gasteiger partial charge in [0.15, 0.2) is 5.69 Å². The van der Waals surface area contributed by atoms with Gasteiger partial charge in [-0.3, -0.25) is 4.79 Å². The zero-order valence-electron chi connectivity index (χ0n) is 20.2. The Morgan fingerprint density at radius 2 is 1.89 bits per heavy atom. The average Bonchev–Trinajstić information content (AvgIpc) is 3.26. The highest BCUT2D eigenvalue weighted by Gasteiger charge is 2.30. The van der Waals surface area contributed by atoms with Crippen LogP contribution in [-0.4, -0.2) is 28.3 Å². The molecule has 2 aromatic carbocycles. The lowest BCUT2D eigenvalue weighted by molar-refractivity contribution is 0.0912. The number of carbonyl (C=O) groups is 1. The van der Waals surface area contributed by atoms with E-state index >= 15 is 0 Å². The minimum absolute atomic E-state index is 0.0727. The predicted octanol–water partition coefficient (Wildman–Crippen LogP) is 6.66. The second-order valence-corrected chi connectivity index (χ2v) is 10.5.